The standard InChI is InChI=1S/C36H40FN5O6/c1-18-7-9-28(18)41(30-12-23(8-6-19(30)2)33-21(4)39-48-22(33)5)15-20(3)47-24-16-40(17-24)31-14-26-25(13-27(31)37)35(45)42(36(26)46)29-10-11-32(43)38-34(29)44/h6,8,12-14,18,20,24,28-29H,7,9-11,15-17H2,1-5H3,(H,38,43,44)/t18?,20?,28-,29?/m1/s1. The van der Waals surface area contributed by atoms with Gasteiger partial charge in [-0.3, -0.25) is 29.4 Å². The number of imide groups is 2. The third-order valence-corrected chi connectivity index (χ3v) is 10.4. The Bertz CT molecular complexity index is 1810. The minimum atomic E-state index is -1.10. The van der Waals surface area contributed by atoms with E-state index >= 15 is 4.39 Å². The highest BCUT2D eigenvalue weighted by atomic mass is 19.1. The molecule has 4 aliphatic rings. The van der Waals surface area contributed by atoms with Crippen LogP contribution in [0.25, 0.3) is 11.1 Å². The second-order valence-corrected chi connectivity index (χ2v) is 13.7. The van der Waals surface area contributed by atoms with Crippen molar-refractivity contribution in [2.24, 2.45) is 5.92 Å². The van der Waals surface area contributed by atoms with Crippen molar-refractivity contribution in [3.63, 3.8) is 0 Å². The van der Waals surface area contributed by atoms with Crippen molar-refractivity contribution < 1.29 is 32.8 Å². The Morgan fingerprint density at radius 2 is 1.77 bits per heavy atom. The number of hydrogen-bond acceptors (Lipinski definition) is 9. The van der Waals surface area contributed by atoms with Gasteiger partial charge in [-0.05, 0) is 82.2 Å². The number of carbonyl (C=O) groups excluding carboxylic acids is 4. The van der Waals surface area contributed by atoms with Crippen molar-refractivity contribution in [2.75, 3.05) is 29.4 Å². The van der Waals surface area contributed by atoms with E-state index in [0.717, 1.165) is 40.0 Å². The molecule has 0 radical (unpaired) electrons. The summed E-state index contributed by atoms with van der Waals surface area (Å²) in [5.74, 6) is -1.82. The number of piperidine rings is 1. The topological polar surface area (TPSA) is 125 Å². The summed E-state index contributed by atoms with van der Waals surface area (Å²) in [7, 11) is 0. The molecule has 1 aliphatic carbocycles. The Labute approximate surface area is 278 Å². The average molecular weight is 658 g/mol. The molecule has 3 fully saturated rings. The molecule has 1 N–H and O–H groups in total. The first kappa shape index (κ1) is 32.0. The zero-order chi connectivity index (χ0) is 34.0. The Morgan fingerprint density at radius 1 is 1.04 bits per heavy atom. The molecule has 4 heterocycles. The zero-order valence-corrected chi connectivity index (χ0v) is 27.8. The van der Waals surface area contributed by atoms with Crippen molar-refractivity contribution in [1.82, 2.24) is 15.4 Å². The number of aromatic nitrogens is 1. The Kier molecular flexibility index (Phi) is 8.09. The van der Waals surface area contributed by atoms with E-state index in [-0.39, 0.29) is 41.9 Å². The monoisotopic (exact) mass is 657 g/mol. The molecule has 11 nitrogen and oxygen atoms in total. The van der Waals surface area contributed by atoms with Gasteiger partial charge in [0.2, 0.25) is 11.8 Å². The molecular formula is C36H40FN5O6. The molecule has 12 heteroatoms. The fraction of sp³-hybridized carbons (Fsp3) is 0.472. The number of rotatable bonds is 9. The molecular weight excluding hydrogens is 617 g/mol. The maximum atomic E-state index is 15.4. The first-order valence-electron chi connectivity index (χ1n) is 16.7. The van der Waals surface area contributed by atoms with E-state index in [1.54, 1.807) is 4.90 Å². The Balaban J connectivity index is 1.03. The van der Waals surface area contributed by atoms with Crippen LogP contribution < -0.4 is 15.1 Å². The number of carbonyl (C=O) groups is 4. The number of benzene rings is 2. The highest BCUT2D eigenvalue weighted by molar-refractivity contribution is 6.23. The van der Waals surface area contributed by atoms with E-state index in [4.69, 9.17) is 9.26 Å². The van der Waals surface area contributed by atoms with Gasteiger partial charge in [-0.2, -0.15) is 0 Å². The third-order valence-electron chi connectivity index (χ3n) is 10.4. The Morgan fingerprint density at radius 3 is 2.40 bits per heavy atom. The van der Waals surface area contributed by atoms with Crippen LogP contribution in [0.4, 0.5) is 15.8 Å². The van der Waals surface area contributed by atoms with Crippen LogP contribution in [0.15, 0.2) is 34.9 Å². The van der Waals surface area contributed by atoms with Crippen LogP contribution in [0.1, 0.15) is 77.3 Å². The second kappa shape index (κ2) is 12.1. The molecule has 1 aromatic heterocycles. The third kappa shape index (κ3) is 5.45. The summed E-state index contributed by atoms with van der Waals surface area (Å²) >= 11 is 0. The number of nitrogens with one attached hydrogen (secondary N) is 1. The molecule has 3 aromatic rings. The lowest BCUT2D eigenvalue weighted by Gasteiger charge is -2.47. The molecule has 2 saturated heterocycles. The summed E-state index contributed by atoms with van der Waals surface area (Å²) < 4.78 is 27.3. The fourth-order valence-electron chi connectivity index (χ4n) is 7.58. The summed E-state index contributed by atoms with van der Waals surface area (Å²) in [5.41, 5.74) is 5.49. The number of halogens is 1. The molecule has 4 amide bonds. The van der Waals surface area contributed by atoms with Gasteiger partial charge in [0.1, 0.15) is 17.6 Å². The molecule has 3 aliphatic heterocycles. The second-order valence-electron chi connectivity index (χ2n) is 13.7. The lowest BCUT2D eigenvalue weighted by atomic mass is 9.79. The van der Waals surface area contributed by atoms with Crippen molar-refractivity contribution in [3.05, 3.63) is 64.3 Å². The molecule has 3 unspecified atom stereocenters. The molecule has 252 valence electrons. The maximum Gasteiger partial charge on any atom is 0.262 e. The number of nitrogens with zero attached hydrogens (tertiary/aromatic N) is 4. The number of amides is 4. The van der Waals surface area contributed by atoms with E-state index in [1.807, 2.05) is 13.8 Å². The molecule has 1 saturated carbocycles. The van der Waals surface area contributed by atoms with Gasteiger partial charge in [-0.15, -0.1) is 0 Å². The van der Waals surface area contributed by atoms with Crippen LogP contribution in [0.2, 0.25) is 0 Å². The van der Waals surface area contributed by atoms with Gasteiger partial charge in [-0.1, -0.05) is 24.2 Å². The van der Waals surface area contributed by atoms with Crippen molar-refractivity contribution >= 4 is 35.0 Å². The normalized spacial score (nSPS) is 23.2. The van der Waals surface area contributed by atoms with E-state index in [9.17, 15) is 19.2 Å². The van der Waals surface area contributed by atoms with E-state index in [1.165, 1.54) is 23.7 Å². The predicted octanol–water partition coefficient (Wildman–Crippen LogP) is 4.71. The maximum absolute atomic E-state index is 15.4. The van der Waals surface area contributed by atoms with Crippen LogP contribution in [-0.2, 0) is 14.3 Å². The van der Waals surface area contributed by atoms with Gasteiger partial charge in [0.25, 0.3) is 11.8 Å². The number of fused-ring (bicyclic) bond motifs is 1. The van der Waals surface area contributed by atoms with Crippen molar-refractivity contribution in [2.45, 2.75) is 84.6 Å². The average Bonchev–Trinajstić information content (AvgIpc) is 3.47. The van der Waals surface area contributed by atoms with E-state index in [0.29, 0.717) is 31.6 Å². The highest BCUT2D eigenvalue weighted by Crippen LogP contribution is 2.39. The van der Waals surface area contributed by atoms with Gasteiger partial charge in [0, 0.05) is 43.3 Å². The molecule has 4 atom stereocenters. The fourth-order valence-corrected chi connectivity index (χ4v) is 7.58. The summed E-state index contributed by atoms with van der Waals surface area (Å²) in [6, 6.07) is 8.26. The van der Waals surface area contributed by atoms with Gasteiger partial charge in [0.15, 0.2) is 0 Å². The summed E-state index contributed by atoms with van der Waals surface area (Å²) in [6.45, 7) is 11.9. The van der Waals surface area contributed by atoms with Gasteiger partial charge >= 0.3 is 0 Å². The van der Waals surface area contributed by atoms with Gasteiger partial charge < -0.3 is 19.1 Å². The molecule has 7 rings (SSSR count). The van der Waals surface area contributed by atoms with Crippen LogP contribution in [0.5, 0.6) is 0 Å². The minimum absolute atomic E-state index is 0.0167. The number of ether oxygens (including phenoxy) is 1. The SMILES string of the molecule is Cc1ccc(-c2c(C)noc2C)cc1N(CC(C)OC1CN(c2cc3c(cc2F)C(=O)N(C2CCC(=O)NC2=O)C3=O)C1)[C@@H]1CCC1C. The van der Waals surface area contributed by atoms with E-state index < -0.39 is 35.5 Å². The largest absolute Gasteiger partial charge is 0.370 e. The number of anilines is 2. The lowest BCUT2D eigenvalue weighted by molar-refractivity contribution is -0.136. The number of aryl methyl sites for hydroxylation is 3. The molecule has 0 spiro atoms. The van der Waals surface area contributed by atoms with Gasteiger partial charge in [0.05, 0.1) is 34.7 Å². The number of hydrogen-bond donors (Lipinski definition) is 1. The van der Waals surface area contributed by atoms with Crippen molar-refractivity contribution in [3.8, 4) is 11.1 Å². The first-order valence-corrected chi connectivity index (χ1v) is 16.7. The summed E-state index contributed by atoms with van der Waals surface area (Å²) in [5, 5.41) is 6.33. The Hall–Kier alpha value is -4.58. The molecule has 0 bridgehead atoms. The van der Waals surface area contributed by atoms with Crippen LogP contribution >= 0.6 is 0 Å². The van der Waals surface area contributed by atoms with Crippen LogP contribution in [0, 0.1) is 32.5 Å². The summed E-state index contributed by atoms with van der Waals surface area (Å²) in [4.78, 5) is 55.4. The van der Waals surface area contributed by atoms with Gasteiger partial charge in [-0.25, -0.2) is 4.39 Å². The minimum Gasteiger partial charge on any atom is -0.370 e. The summed E-state index contributed by atoms with van der Waals surface area (Å²) in [6.07, 6.45) is 2.10. The van der Waals surface area contributed by atoms with E-state index in [2.05, 4.69) is 54.3 Å². The zero-order valence-electron chi connectivity index (χ0n) is 27.8. The smallest absolute Gasteiger partial charge is 0.262 e. The molecule has 2 aromatic carbocycles. The lowest BCUT2D eigenvalue weighted by Crippen LogP contribution is -2.55. The first-order chi connectivity index (χ1) is 22.9. The highest BCUT2D eigenvalue weighted by Gasteiger charge is 2.46. The predicted molar refractivity (Wildman–Crippen MR) is 175 cm³/mol. The molecule has 48 heavy (non-hydrogen) atoms. The van der Waals surface area contributed by atoms with Crippen LogP contribution in [0.3, 0.4) is 0 Å². The van der Waals surface area contributed by atoms with Crippen molar-refractivity contribution in [1.29, 1.82) is 0 Å². The van der Waals surface area contributed by atoms with Crippen LogP contribution in [-0.4, -0.2) is 77.6 Å². The quantitative estimate of drug-likeness (QED) is 0.326.